The van der Waals surface area contributed by atoms with Gasteiger partial charge in [-0.2, -0.15) is 0 Å². The van der Waals surface area contributed by atoms with E-state index in [9.17, 15) is 4.79 Å². The fraction of sp³-hybridized carbons (Fsp3) is 0.357. The Morgan fingerprint density at radius 1 is 1.26 bits per heavy atom. The van der Waals surface area contributed by atoms with Gasteiger partial charge in [0.1, 0.15) is 5.82 Å². The molecule has 0 saturated carbocycles. The lowest BCUT2D eigenvalue weighted by Gasteiger charge is -2.24. The van der Waals surface area contributed by atoms with Gasteiger partial charge in [-0.15, -0.1) is 0 Å². The number of carbonyl (C=O) groups is 1. The Hall–Kier alpha value is -2.17. The van der Waals surface area contributed by atoms with Crippen LogP contribution in [0.3, 0.4) is 0 Å². The highest BCUT2D eigenvalue weighted by Gasteiger charge is 2.19. The maximum absolute atomic E-state index is 11.1. The number of aromatic nitrogens is 2. The van der Waals surface area contributed by atoms with Gasteiger partial charge in [0.05, 0.1) is 16.7 Å². The molecule has 1 fully saturated rings. The van der Waals surface area contributed by atoms with Gasteiger partial charge in [-0.05, 0) is 25.5 Å². The monoisotopic (exact) mass is 256 g/mol. The van der Waals surface area contributed by atoms with Crippen molar-refractivity contribution in [3.05, 3.63) is 30.0 Å². The largest absolute Gasteiger partial charge is 0.364 e. The number of rotatable bonds is 2. The van der Waals surface area contributed by atoms with Crippen LogP contribution >= 0.6 is 0 Å². The van der Waals surface area contributed by atoms with E-state index in [-0.39, 0.29) is 11.9 Å². The number of amides is 1. The predicted molar refractivity (Wildman–Crippen MR) is 73.9 cm³/mol. The Bertz CT molecular complexity index is 616. The Balaban J connectivity index is 1.84. The number of fused-ring (bicyclic) bond motifs is 1. The molecule has 2 N–H and O–H groups in total. The fourth-order valence-electron chi connectivity index (χ4n) is 2.27. The van der Waals surface area contributed by atoms with Gasteiger partial charge < -0.3 is 10.6 Å². The third kappa shape index (κ3) is 2.50. The molecule has 0 spiro atoms. The van der Waals surface area contributed by atoms with Crippen LogP contribution in [0.15, 0.2) is 24.3 Å². The van der Waals surface area contributed by atoms with Crippen LogP contribution < -0.4 is 10.6 Å². The second-order valence-corrected chi connectivity index (χ2v) is 4.83. The highest BCUT2D eigenvalue weighted by atomic mass is 16.1. The number of carbonyl (C=O) groups excluding carboxylic acids is 1. The highest BCUT2D eigenvalue weighted by Crippen LogP contribution is 2.18. The van der Waals surface area contributed by atoms with Gasteiger partial charge in [0.2, 0.25) is 5.91 Å². The Kier molecular flexibility index (Phi) is 3.03. The average molecular weight is 256 g/mol. The zero-order valence-corrected chi connectivity index (χ0v) is 10.8. The number of anilines is 1. The molecule has 1 aromatic heterocycles. The number of hydrogen-bond acceptors (Lipinski definition) is 4. The van der Waals surface area contributed by atoms with E-state index in [0.29, 0.717) is 13.0 Å². The molecule has 2 heterocycles. The second kappa shape index (κ2) is 4.84. The van der Waals surface area contributed by atoms with Crippen LogP contribution in [0.1, 0.15) is 18.5 Å². The number of para-hydroxylation sites is 2. The molecular formula is C14H16N4O. The third-order valence-electron chi connectivity index (χ3n) is 3.35. The summed E-state index contributed by atoms with van der Waals surface area (Å²) in [4.78, 5) is 20.3. The lowest BCUT2D eigenvalue weighted by atomic mass is 10.1. The minimum Gasteiger partial charge on any atom is -0.364 e. The Labute approximate surface area is 111 Å². The molecule has 0 radical (unpaired) electrons. The van der Waals surface area contributed by atoms with Gasteiger partial charge in [-0.1, -0.05) is 12.1 Å². The maximum Gasteiger partial charge on any atom is 0.220 e. The van der Waals surface area contributed by atoms with Crippen molar-refractivity contribution in [1.82, 2.24) is 15.3 Å². The highest BCUT2D eigenvalue weighted by molar-refractivity contribution is 5.77. The SMILES string of the molecule is Cc1nc2ccccc2nc1NC1CCC(=O)NC1. The van der Waals surface area contributed by atoms with Crippen LogP contribution in [-0.2, 0) is 4.79 Å². The van der Waals surface area contributed by atoms with Crippen molar-refractivity contribution in [2.24, 2.45) is 0 Å². The van der Waals surface area contributed by atoms with E-state index in [2.05, 4.69) is 20.6 Å². The first-order valence-electron chi connectivity index (χ1n) is 6.49. The molecule has 1 atom stereocenters. The van der Waals surface area contributed by atoms with Gasteiger partial charge in [-0.3, -0.25) is 4.79 Å². The third-order valence-corrected chi connectivity index (χ3v) is 3.35. The minimum absolute atomic E-state index is 0.124. The second-order valence-electron chi connectivity index (χ2n) is 4.83. The standard InChI is InChI=1S/C14H16N4O/c1-9-14(17-10-6-7-13(19)15-8-10)18-12-5-3-2-4-11(12)16-9/h2-5,10H,6-8H2,1H3,(H,15,19)(H,17,18). The van der Waals surface area contributed by atoms with Crippen molar-refractivity contribution in [2.75, 3.05) is 11.9 Å². The van der Waals surface area contributed by atoms with Gasteiger partial charge in [0, 0.05) is 19.0 Å². The van der Waals surface area contributed by atoms with E-state index < -0.39 is 0 Å². The van der Waals surface area contributed by atoms with Crippen LogP contribution in [0.25, 0.3) is 11.0 Å². The van der Waals surface area contributed by atoms with Crippen molar-refractivity contribution >= 4 is 22.8 Å². The Morgan fingerprint density at radius 2 is 2.00 bits per heavy atom. The molecule has 1 aliphatic heterocycles. The summed E-state index contributed by atoms with van der Waals surface area (Å²) in [6.45, 7) is 2.59. The topological polar surface area (TPSA) is 66.9 Å². The quantitative estimate of drug-likeness (QED) is 0.857. The van der Waals surface area contributed by atoms with Crippen molar-refractivity contribution < 1.29 is 4.79 Å². The molecule has 0 bridgehead atoms. The first-order chi connectivity index (χ1) is 9.22. The van der Waals surface area contributed by atoms with E-state index in [1.54, 1.807) is 0 Å². The smallest absolute Gasteiger partial charge is 0.220 e. The van der Waals surface area contributed by atoms with Crippen molar-refractivity contribution in [3.8, 4) is 0 Å². The normalized spacial score (nSPS) is 19.2. The first-order valence-corrected chi connectivity index (χ1v) is 6.49. The molecule has 2 aromatic rings. The van der Waals surface area contributed by atoms with Crippen molar-refractivity contribution in [1.29, 1.82) is 0 Å². The van der Waals surface area contributed by atoms with E-state index in [1.807, 2.05) is 31.2 Å². The summed E-state index contributed by atoms with van der Waals surface area (Å²) in [7, 11) is 0. The number of aryl methyl sites for hydroxylation is 1. The Morgan fingerprint density at radius 3 is 2.68 bits per heavy atom. The summed E-state index contributed by atoms with van der Waals surface area (Å²) in [5.41, 5.74) is 2.67. The van der Waals surface area contributed by atoms with Gasteiger partial charge in [0.25, 0.3) is 0 Å². The van der Waals surface area contributed by atoms with Crippen LogP contribution in [-0.4, -0.2) is 28.5 Å². The number of hydrogen-bond donors (Lipinski definition) is 2. The summed E-state index contributed by atoms with van der Waals surface area (Å²) >= 11 is 0. The first kappa shape index (κ1) is 11.9. The number of nitrogens with zero attached hydrogens (tertiary/aromatic N) is 2. The molecule has 98 valence electrons. The van der Waals surface area contributed by atoms with Gasteiger partial charge in [-0.25, -0.2) is 9.97 Å². The summed E-state index contributed by atoms with van der Waals surface area (Å²) in [5, 5.41) is 6.23. The molecule has 0 aliphatic carbocycles. The van der Waals surface area contributed by atoms with Gasteiger partial charge in [0.15, 0.2) is 0 Å². The molecule has 5 heteroatoms. The van der Waals surface area contributed by atoms with Gasteiger partial charge >= 0.3 is 0 Å². The molecular weight excluding hydrogens is 240 g/mol. The molecule has 1 unspecified atom stereocenters. The average Bonchev–Trinajstić information content (AvgIpc) is 2.42. The molecule has 5 nitrogen and oxygen atoms in total. The molecule has 19 heavy (non-hydrogen) atoms. The zero-order chi connectivity index (χ0) is 13.2. The minimum atomic E-state index is 0.124. The maximum atomic E-state index is 11.1. The predicted octanol–water partition coefficient (Wildman–Crippen LogP) is 1.63. The fourth-order valence-corrected chi connectivity index (χ4v) is 2.27. The van der Waals surface area contributed by atoms with Crippen LogP contribution in [0.5, 0.6) is 0 Å². The molecule has 1 aromatic carbocycles. The van der Waals surface area contributed by atoms with Crippen molar-refractivity contribution in [3.63, 3.8) is 0 Å². The lowest BCUT2D eigenvalue weighted by molar-refractivity contribution is -0.122. The van der Waals surface area contributed by atoms with E-state index in [1.165, 1.54) is 0 Å². The molecule has 1 aliphatic rings. The number of nitrogens with one attached hydrogen (secondary N) is 2. The van der Waals surface area contributed by atoms with Crippen molar-refractivity contribution in [2.45, 2.75) is 25.8 Å². The lowest BCUT2D eigenvalue weighted by Crippen LogP contribution is -2.42. The van der Waals surface area contributed by atoms with Crippen LogP contribution in [0.4, 0.5) is 5.82 Å². The van der Waals surface area contributed by atoms with E-state index in [0.717, 1.165) is 29.0 Å². The van der Waals surface area contributed by atoms with Crippen LogP contribution in [0, 0.1) is 6.92 Å². The number of piperidine rings is 1. The summed E-state index contributed by atoms with van der Waals surface area (Å²) in [5.74, 6) is 0.930. The van der Waals surface area contributed by atoms with E-state index in [4.69, 9.17) is 0 Å². The van der Waals surface area contributed by atoms with Crippen LogP contribution in [0.2, 0.25) is 0 Å². The summed E-state index contributed by atoms with van der Waals surface area (Å²) in [6, 6.07) is 8.05. The summed E-state index contributed by atoms with van der Waals surface area (Å²) < 4.78 is 0. The zero-order valence-electron chi connectivity index (χ0n) is 10.8. The van der Waals surface area contributed by atoms with E-state index >= 15 is 0 Å². The number of benzene rings is 1. The molecule has 1 amide bonds. The molecule has 3 rings (SSSR count). The summed E-state index contributed by atoms with van der Waals surface area (Å²) in [6.07, 6.45) is 1.40. The molecule has 1 saturated heterocycles.